The molecule has 6 nitrogen and oxygen atoms in total. The summed E-state index contributed by atoms with van der Waals surface area (Å²) in [5.74, 6) is 0.0413. The van der Waals surface area contributed by atoms with Crippen LogP contribution in [-0.4, -0.2) is 31.3 Å². The molecule has 0 fully saturated rings. The zero-order chi connectivity index (χ0) is 24.0. The quantitative estimate of drug-likeness (QED) is 0.335. The van der Waals surface area contributed by atoms with Crippen LogP contribution in [0, 0.1) is 0 Å². The predicted molar refractivity (Wildman–Crippen MR) is 136 cm³/mol. The number of thiophene rings is 1. The Morgan fingerprint density at radius 1 is 0.941 bits per heavy atom. The van der Waals surface area contributed by atoms with Crippen molar-refractivity contribution in [1.82, 2.24) is 9.88 Å². The van der Waals surface area contributed by atoms with Gasteiger partial charge in [0.25, 0.3) is 15.9 Å². The topological polar surface area (TPSA) is 79.4 Å². The van der Waals surface area contributed by atoms with Gasteiger partial charge in [0.1, 0.15) is 0 Å². The molecule has 0 unspecified atom stereocenters. The number of carbonyl (C=O) groups excluding carboxylic acids is 1. The van der Waals surface area contributed by atoms with Gasteiger partial charge in [-0.05, 0) is 59.7 Å². The standard InChI is InChI=1S/C24H17Cl2N3O3S2/c1-29-13-16-8-14(2-4-19(16)24(29)30)22-6-7-23(33-22)15-9-17(12-27-11-15)28-34(31,32)18-3-5-20(25)21(26)10-18/h2-12,28H,13H2,1H3. The molecule has 4 aromatic rings. The van der Waals surface area contributed by atoms with Gasteiger partial charge in [-0.25, -0.2) is 8.42 Å². The van der Waals surface area contributed by atoms with E-state index in [9.17, 15) is 13.2 Å². The van der Waals surface area contributed by atoms with Crippen LogP contribution in [0.5, 0.6) is 0 Å². The molecule has 1 aliphatic heterocycles. The Morgan fingerprint density at radius 3 is 2.47 bits per heavy atom. The summed E-state index contributed by atoms with van der Waals surface area (Å²) in [6.45, 7) is 0.602. The maximum absolute atomic E-state index is 12.8. The number of hydrogen-bond donors (Lipinski definition) is 1. The van der Waals surface area contributed by atoms with E-state index in [1.165, 1.54) is 24.4 Å². The number of fused-ring (bicyclic) bond motifs is 1. The molecule has 0 radical (unpaired) electrons. The van der Waals surface area contributed by atoms with Crippen LogP contribution in [0.15, 0.2) is 71.9 Å². The van der Waals surface area contributed by atoms with Gasteiger partial charge in [-0.1, -0.05) is 29.3 Å². The van der Waals surface area contributed by atoms with E-state index in [1.54, 1.807) is 35.5 Å². The molecular formula is C24H17Cl2N3O3S2. The second-order valence-corrected chi connectivity index (χ2v) is 11.4. The van der Waals surface area contributed by atoms with Crippen LogP contribution in [0.4, 0.5) is 5.69 Å². The van der Waals surface area contributed by atoms with Crippen molar-refractivity contribution >= 4 is 56.2 Å². The Morgan fingerprint density at radius 2 is 1.71 bits per heavy atom. The van der Waals surface area contributed by atoms with E-state index in [0.717, 1.165) is 32.0 Å². The highest BCUT2D eigenvalue weighted by molar-refractivity contribution is 7.92. The van der Waals surface area contributed by atoms with Crippen LogP contribution < -0.4 is 4.72 Å². The molecule has 0 spiro atoms. The van der Waals surface area contributed by atoms with Crippen molar-refractivity contribution in [3.63, 3.8) is 0 Å². The number of hydrogen-bond acceptors (Lipinski definition) is 5. The lowest BCUT2D eigenvalue weighted by molar-refractivity contribution is 0.0816. The number of nitrogens with zero attached hydrogens (tertiary/aromatic N) is 2. The summed E-state index contributed by atoms with van der Waals surface area (Å²) in [6, 6.07) is 15.7. The number of nitrogens with one attached hydrogen (secondary N) is 1. The molecule has 10 heteroatoms. The summed E-state index contributed by atoms with van der Waals surface area (Å²) in [7, 11) is -2.07. The van der Waals surface area contributed by atoms with Crippen LogP contribution in [0.1, 0.15) is 15.9 Å². The van der Waals surface area contributed by atoms with Gasteiger partial charge in [-0.2, -0.15) is 0 Å². The number of sulfonamides is 1. The number of anilines is 1. The first-order valence-corrected chi connectivity index (χ1v) is 13.2. The third kappa shape index (κ3) is 4.30. The van der Waals surface area contributed by atoms with Crippen LogP contribution >= 0.6 is 34.5 Å². The lowest BCUT2D eigenvalue weighted by atomic mass is 10.1. The number of halogens is 2. The third-order valence-corrected chi connectivity index (χ3v) is 8.76. The minimum absolute atomic E-state index is 0.00597. The molecule has 2 aromatic carbocycles. The van der Waals surface area contributed by atoms with Crippen molar-refractivity contribution in [1.29, 1.82) is 0 Å². The number of amides is 1. The molecule has 0 saturated carbocycles. The van der Waals surface area contributed by atoms with Crippen LogP contribution in [0.3, 0.4) is 0 Å². The molecule has 0 aliphatic carbocycles. The van der Waals surface area contributed by atoms with Crippen LogP contribution in [0.25, 0.3) is 20.9 Å². The third-order valence-electron chi connectivity index (χ3n) is 5.46. The molecule has 1 aliphatic rings. The zero-order valence-corrected chi connectivity index (χ0v) is 20.9. The Hall–Kier alpha value is -2.91. The van der Waals surface area contributed by atoms with Gasteiger partial charge >= 0.3 is 0 Å². The second-order valence-electron chi connectivity index (χ2n) is 7.84. The number of rotatable bonds is 5. The largest absolute Gasteiger partial charge is 0.337 e. The van der Waals surface area contributed by atoms with Gasteiger partial charge in [-0.15, -0.1) is 11.3 Å². The molecule has 0 saturated heterocycles. The SMILES string of the molecule is CN1Cc2cc(-c3ccc(-c4cncc(NS(=O)(=O)c5ccc(Cl)c(Cl)c5)c4)s3)ccc2C1=O. The zero-order valence-electron chi connectivity index (χ0n) is 17.7. The molecule has 172 valence electrons. The minimum Gasteiger partial charge on any atom is -0.337 e. The van der Waals surface area contributed by atoms with E-state index in [-0.39, 0.29) is 20.8 Å². The van der Waals surface area contributed by atoms with Crippen LogP contribution in [0.2, 0.25) is 10.0 Å². The fourth-order valence-corrected chi connectivity index (χ4v) is 6.16. The Labute approximate surface area is 210 Å². The highest BCUT2D eigenvalue weighted by Gasteiger charge is 2.24. The van der Waals surface area contributed by atoms with Crippen molar-refractivity contribution in [2.75, 3.05) is 11.8 Å². The smallest absolute Gasteiger partial charge is 0.261 e. The first-order chi connectivity index (χ1) is 16.2. The molecule has 1 N–H and O–H groups in total. The van der Waals surface area contributed by atoms with Crippen molar-refractivity contribution in [3.8, 4) is 20.9 Å². The maximum Gasteiger partial charge on any atom is 0.261 e. The predicted octanol–water partition coefficient (Wildman–Crippen LogP) is 6.17. The lowest BCUT2D eigenvalue weighted by Crippen LogP contribution is -2.17. The van der Waals surface area contributed by atoms with Crippen molar-refractivity contribution in [3.05, 3.63) is 88.2 Å². The van der Waals surface area contributed by atoms with E-state index in [2.05, 4.69) is 9.71 Å². The van der Waals surface area contributed by atoms with E-state index < -0.39 is 10.0 Å². The van der Waals surface area contributed by atoms with E-state index in [0.29, 0.717) is 12.2 Å². The molecule has 5 rings (SSSR count). The molecule has 2 aromatic heterocycles. The summed E-state index contributed by atoms with van der Waals surface area (Å²) in [5, 5.41) is 0.435. The summed E-state index contributed by atoms with van der Waals surface area (Å²) in [6.07, 6.45) is 3.13. The number of aromatic nitrogens is 1. The fourth-order valence-electron chi connectivity index (χ4n) is 3.76. The minimum atomic E-state index is -3.87. The van der Waals surface area contributed by atoms with Gasteiger partial charge in [0.2, 0.25) is 0 Å². The molecule has 0 bridgehead atoms. The normalized spacial score (nSPS) is 13.3. The van der Waals surface area contributed by atoms with E-state index in [1.807, 2.05) is 30.3 Å². The fraction of sp³-hybridized carbons (Fsp3) is 0.0833. The van der Waals surface area contributed by atoms with Crippen molar-refractivity contribution in [2.45, 2.75) is 11.4 Å². The number of pyridine rings is 1. The molecular weight excluding hydrogens is 513 g/mol. The highest BCUT2D eigenvalue weighted by Crippen LogP contribution is 2.37. The molecule has 3 heterocycles. The summed E-state index contributed by atoms with van der Waals surface area (Å²) in [5.41, 5.74) is 3.90. The average Bonchev–Trinajstić information content (AvgIpc) is 3.40. The monoisotopic (exact) mass is 529 g/mol. The van der Waals surface area contributed by atoms with Crippen LogP contribution in [-0.2, 0) is 16.6 Å². The van der Waals surface area contributed by atoms with Gasteiger partial charge in [0, 0.05) is 40.7 Å². The molecule has 1 amide bonds. The number of benzene rings is 2. The summed E-state index contributed by atoms with van der Waals surface area (Å²) < 4.78 is 28.1. The first kappa shape index (κ1) is 22.9. The van der Waals surface area contributed by atoms with Gasteiger partial charge in [-0.3, -0.25) is 14.5 Å². The average molecular weight is 530 g/mol. The van der Waals surface area contributed by atoms with E-state index >= 15 is 0 Å². The second kappa shape index (κ2) is 8.70. The summed E-state index contributed by atoms with van der Waals surface area (Å²) >= 11 is 13.4. The Kier molecular flexibility index (Phi) is 5.85. The van der Waals surface area contributed by atoms with Crippen molar-refractivity contribution in [2.24, 2.45) is 0 Å². The molecule has 0 atom stereocenters. The Balaban J connectivity index is 1.40. The van der Waals surface area contributed by atoms with E-state index in [4.69, 9.17) is 23.2 Å². The highest BCUT2D eigenvalue weighted by atomic mass is 35.5. The first-order valence-electron chi connectivity index (χ1n) is 10.1. The lowest BCUT2D eigenvalue weighted by Gasteiger charge is -2.09. The van der Waals surface area contributed by atoms with Gasteiger partial charge in [0.15, 0.2) is 0 Å². The molecule has 34 heavy (non-hydrogen) atoms. The van der Waals surface area contributed by atoms with Crippen molar-refractivity contribution < 1.29 is 13.2 Å². The Bertz CT molecular complexity index is 1550. The van der Waals surface area contributed by atoms with Gasteiger partial charge in [0.05, 0.1) is 26.8 Å². The maximum atomic E-state index is 12.8. The summed E-state index contributed by atoms with van der Waals surface area (Å²) in [4.78, 5) is 20.0. The number of carbonyl (C=O) groups is 1. The van der Waals surface area contributed by atoms with Gasteiger partial charge < -0.3 is 4.90 Å².